The molecule has 1 atom stereocenters. The Morgan fingerprint density at radius 2 is 1.63 bits per heavy atom. The van der Waals surface area contributed by atoms with Crippen molar-refractivity contribution >= 4 is 22.6 Å². The van der Waals surface area contributed by atoms with Gasteiger partial charge in [-0.3, -0.25) is 9.78 Å². The van der Waals surface area contributed by atoms with Gasteiger partial charge in [0.2, 0.25) is 0 Å². The van der Waals surface area contributed by atoms with Gasteiger partial charge in [0.1, 0.15) is 5.75 Å². The monoisotopic (exact) mass is 466 g/mol. The number of aromatic nitrogens is 2. The minimum atomic E-state index is -0.548. The molecule has 0 bridgehead atoms. The first-order valence-electron chi connectivity index (χ1n) is 12.1. The number of carbonyl (C=O) groups is 1. The summed E-state index contributed by atoms with van der Waals surface area (Å²) in [5.74, 6) is 0.687. The number of carbonyl (C=O) groups excluding carboxylic acids is 1. The first-order chi connectivity index (χ1) is 17.0. The lowest BCUT2D eigenvalue weighted by Crippen LogP contribution is -2.52. The number of ether oxygens (including phenoxy) is 1. The van der Waals surface area contributed by atoms with Crippen LogP contribution in [0, 0.1) is 13.8 Å². The highest BCUT2D eigenvalue weighted by atomic mass is 16.5. The summed E-state index contributed by atoms with van der Waals surface area (Å²) in [5, 5.41) is 0. The second kappa shape index (κ2) is 9.74. The Hall–Kier alpha value is -3.93. The zero-order valence-electron chi connectivity index (χ0n) is 20.4. The van der Waals surface area contributed by atoms with Gasteiger partial charge in [0.05, 0.1) is 22.9 Å². The third-order valence-electron chi connectivity index (χ3n) is 6.56. The molecule has 4 aromatic rings. The van der Waals surface area contributed by atoms with Gasteiger partial charge >= 0.3 is 0 Å². The maximum absolute atomic E-state index is 13.0. The van der Waals surface area contributed by atoms with Gasteiger partial charge in [0.25, 0.3) is 5.91 Å². The number of anilines is 1. The molecule has 5 rings (SSSR count). The molecule has 1 aliphatic rings. The van der Waals surface area contributed by atoms with Crippen LogP contribution >= 0.6 is 0 Å². The van der Waals surface area contributed by atoms with E-state index in [1.54, 1.807) is 6.20 Å². The molecule has 35 heavy (non-hydrogen) atoms. The van der Waals surface area contributed by atoms with Crippen LogP contribution in [0.5, 0.6) is 5.75 Å². The second-order valence-electron chi connectivity index (χ2n) is 9.13. The summed E-state index contributed by atoms with van der Waals surface area (Å²) in [6.07, 6.45) is 1.23. The number of fused-ring (bicyclic) bond motifs is 1. The third kappa shape index (κ3) is 4.97. The van der Waals surface area contributed by atoms with E-state index in [-0.39, 0.29) is 5.91 Å². The number of piperazine rings is 1. The molecule has 1 aromatic heterocycles. The average Bonchev–Trinajstić information content (AvgIpc) is 2.90. The van der Waals surface area contributed by atoms with Crippen LogP contribution in [-0.4, -0.2) is 53.1 Å². The molecule has 2 heterocycles. The Balaban J connectivity index is 1.19. The van der Waals surface area contributed by atoms with Crippen molar-refractivity contribution in [1.82, 2.24) is 14.9 Å². The highest BCUT2D eigenvalue weighted by Gasteiger charge is 2.26. The molecule has 1 unspecified atom stereocenters. The maximum atomic E-state index is 13.0. The van der Waals surface area contributed by atoms with E-state index < -0.39 is 6.10 Å². The minimum absolute atomic E-state index is 0.0232. The van der Waals surface area contributed by atoms with E-state index in [4.69, 9.17) is 9.72 Å². The van der Waals surface area contributed by atoms with Crippen molar-refractivity contribution in [3.63, 3.8) is 0 Å². The Labute approximate surface area is 206 Å². The highest BCUT2D eigenvalue weighted by molar-refractivity contribution is 5.81. The zero-order chi connectivity index (χ0) is 24.4. The number of rotatable bonds is 5. The van der Waals surface area contributed by atoms with Crippen LogP contribution in [-0.2, 0) is 4.79 Å². The smallest absolute Gasteiger partial charge is 0.263 e. The predicted octanol–water partition coefficient (Wildman–Crippen LogP) is 5.03. The van der Waals surface area contributed by atoms with E-state index in [0.29, 0.717) is 18.8 Å². The fourth-order valence-corrected chi connectivity index (χ4v) is 4.54. The number of benzene rings is 3. The van der Waals surface area contributed by atoms with Crippen molar-refractivity contribution in [2.45, 2.75) is 26.9 Å². The van der Waals surface area contributed by atoms with Crippen LogP contribution in [0.1, 0.15) is 18.1 Å². The van der Waals surface area contributed by atoms with E-state index in [0.717, 1.165) is 35.4 Å². The summed E-state index contributed by atoms with van der Waals surface area (Å²) < 4.78 is 6.00. The standard InChI is InChI=1S/C29H30N4O2/c1-20-8-9-21(2)28(18-20)32-14-16-33(17-15-32)29(34)22(3)35-24-12-10-23(11-13-24)27-19-30-25-6-4-5-7-26(25)31-27/h4-13,18-19,22H,14-17H2,1-3H3. The molecule has 1 saturated heterocycles. The van der Waals surface area contributed by atoms with Crippen LogP contribution in [0.25, 0.3) is 22.3 Å². The van der Waals surface area contributed by atoms with E-state index in [2.05, 4.69) is 41.9 Å². The molecule has 6 nitrogen and oxygen atoms in total. The Morgan fingerprint density at radius 1 is 0.914 bits per heavy atom. The van der Waals surface area contributed by atoms with E-state index in [9.17, 15) is 4.79 Å². The lowest BCUT2D eigenvalue weighted by Gasteiger charge is -2.37. The van der Waals surface area contributed by atoms with Gasteiger partial charge in [-0.15, -0.1) is 0 Å². The normalized spacial score (nSPS) is 14.7. The first kappa shape index (κ1) is 22.8. The molecule has 178 valence electrons. The topological polar surface area (TPSA) is 58.6 Å². The minimum Gasteiger partial charge on any atom is -0.481 e. The van der Waals surface area contributed by atoms with Crippen molar-refractivity contribution in [1.29, 1.82) is 0 Å². The van der Waals surface area contributed by atoms with Crippen molar-refractivity contribution < 1.29 is 9.53 Å². The molecule has 0 N–H and O–H groups in total. The number of aryl methyl sites for hydroxylation is 2. The predicted molar refractivity (Wildman–Crippen MR) is 140 cm³/mol. The fourth-order valence-electron chi connectivity index (χ4n) is 4.54. The van der Waals surface area contributed by atoms with Gasteiger partial charge in [-0.2, -0.15) is 0 Å². The number of amides is 1. The summed E-state index contributed by atoms with van der Waals surface area (Å²) in [6, 6.07) is 22.0. The quantitative estimate of drug-likeness (QED) is 0.413. The van der Waals surface area contributed by atoms with E-state index in [1.165, 1.54) is 16.8 Å². The second-order valence-corrected chi connectivity index (χ2v) is 9.13. The van der Waals surface area contributed by atoms with Gasteiger partial charge < -0.3 is 14.5 Å². The van der Waals surface area contributed by atoms with Crippen LogP contribution in [0.15, 0.2) is 72.9 Å². The fraction of sp³-hybridized carbons (Fsp3) is 0.276. The van der Waals surface area contributed by atoms with Gasteiger partial charge in [-0.05, 0) is 74.4 Å². The van der Waals surface area contributed by atoms with Gasteiger partial charge in [-0.25, -0.2) is 4.98 Å². The molecule has 1 fully saturated rings. The Bertz CT molecular complexity index is 1340. The summed E-state index contributed by atoms with van der Waals surface area (Å²) in [5.41, 5.74) is 7.28. The van der Waals surface area contributed by atoms with Gasteiger partial charge in [0, 0.05) is 37.4 Å². The maximum Gasteiger partial charge on any atom is 0.263 e. The van der Waals surface area contributed by atoms with Crippen LogP contribution in [0.4, 0.5) is 5.69 Å². The number of nitrogens with zero attached hydrogens (tertiary/aromatic N) is 4. The summed E-state index contributed by atoms with van der Waals surface area (Å²) in [6.45, 7) is 9.11. The summed E-state index contributed by atoms with van der Waals surface area (Å²) in [4.78, 5) is 26.5. The molecule has 0 radical (unpaired) electrons. The lowest BCUT2D eigenvalue weighted by molar-refractivity contribution is -0.138. The largest absolute Gasteiger partial charge is 0.481 e. The molecule has 3 aromatic carbocycles. The molecule has 0 aliphatic carbocycles. The summed E-state index contributed by atoms with van der Waals surface area (Å²) >= 11 is 0. The Kier molecular flexibility index (Phi) is 6.36. The van der Waals surface area contributed by atoms with Crippen molar-refractivity contribution in [3.8, 4) is 17.0 Å². The average molecular weight is 467 g/mol. The Morgan fingerprint density at radius 3 is 2.37 bits per heavy atom. The van der Waals surface area contributed by atoms with Crippen molar-refractivity contribution in [3.05, 3.63) is 84.1 Å². The van der Waals surface area contributed by atoms with Gasteiger partial charge in [0.15, 0.2) is 6.10 Å². The summed E-state index contributed by atoms with van der Waals surface area (Å²) in [7, 11) is 0. The van der Waals surface area contributed by atoms with Crippen LogP contribution < -0.4 is 9.64 Å². The highest BCUT2D eigenvalue weighted by Crippen LogP contribution is 2.25. The number of hydrogen-bond donors (Lipinski definition) is 0. The zero-order valence-corrected chi connectivity index (χ0v) is 20.4. The molecule has 1 aliphatic heterocycles. The molecular weight excluding hydrogens is 436 g/mol. The molecule has 0 spiro atoms. The molecule has 1 amide bonds. The SMILES string of the molecule is Cc1ccc(C)c(N2CCN(C(=O)C(C)Oc3ccc(-c4cnc5ccccc5n4)cc3)CC2)c1. The van der Waals surface area contributed by atoms with Crippen molar-refractivity contribution in [2.75, 3.05) is 31.1 Å². The van der Waals surface area contributed by atoms with Crippen LogP contribution in [0.3, 0.4) is 0 Å². The van der Waals surface area contributed by atoms with Gasteiger partial charge in [-0.1, -0.05) is 24.3 Å². The lowest BCUT2D eigenvalue weighted by atomic mass is 10.1. The van der Waals surface area contributed by atoms with E-state index in [1.807, 2.05) is 60.4 Å². The molecule has 6 heteroatoms. The van der Waals surface area contributed by atoms with Crippen LogP contribution in [0.2, 0.25) is 0 Å². The first-order valence-corrected chi connectivity index (χ1v) is 12.1. The van der Waals surface area contributed by atoms with Crippen molar-refractivity contribution in [2.24, 2.45) is 0 Å². The van der Waals surface area contributed by atoms with E-state index >= 15 is 0 Å². The molecular formula is C29H30N4O2. The number of hydrogen-bond acceptors (Lipinski definition) is 5. The molecule has 0 saturated carbocycles. The third-order valence-corrected chi connectivity index (χ3v) is 6.56. The number of para-hydroxylation sites is 2.